The molecule has 3 amide bonds. The van der Waals surface area contributed by atoms with Crippen molar-refractivity contribution in [2.45, 2.75) is 25.9 Å². The standard InChI is InChI=1S/C26H24ClN3O4S/c27-22-10-9-21(35-22)24(32)28-20-8-2-5-17-14-29(26(34)23(17)20)13-16-4-1-7-19(12-16)30-11-3-6-18(15-31)25(30)33/h1-2,4-5,7-10,12,18,31H,3,6,11,13-15H2,(H,28,32). The topological polar surface area (TPSA) is 90.0 Å². The normalized spacial score (nSPS) is 17.6. The van der Waals surface area contributed by atoms with Gasteiger partial charge in [-0.3, -0.25) is 14.4 Å². The van der Waals surface area contributed by atoms with Crippen LogP contribution in [0.2, 0.25) is 4.34 Å². The molecule has 1 unspecified atom stereocenters. The molecule has 9 heteroatoms. The van der Waals surface area contributed by atoms with Crippen LogP contribution >= 0.6 is 22.9 Å². The molecule has 2 N–H and O–H groups in total. The Morgan fingerprint density at radius 1 is 1.14 bits per heavy atom. The highest BCUT2D eigenvalue weighted by Crippen LogP contribution is 2.32. The van der Waals surface area contributed by atoms with Gasteiger partial charge >= 0.3 is 0 Å². The first kappa shape index (κ1) is 23.5. The maximum absolute atomic E-state index is 13.3. The predicted octanol–water partition coefficient (Wildman–Crippen LogP) is 4.55. The smallest absolute Gasteiger partial charge is 0.265 e. The monoisotopic (exact) mass is 509 g/mol. The number of carbonyl (C=O) groups excluding carboxylic acids is 3. The molecule has 0 saturated carbocycles. The van der Waals surface area contributed by atoms with Crippen LogP contribution in [0.4, 0.5) is 11.4 Å². The molecule has 7 nitrogen and oxygen atoms in total. The van der Waals surface area contributed by atoms with Crippen LogP contribution in [0.25, 0.3) is 0 Å². The summed E-state index contributed by atoms with van der Waals surface area (Å²) in [6.07, 6.45) is 1.54. The summed E-state index contributed by atoms with van der Waals surface area (Å²) in [5.74, 6) is -0.879. The van der Waals surface area contributed by atoms with Crippen LogP contribution in [0.1, 0.15) is 44.0 Å². The van der Waals surface area contributed by atoms with Crippen LogP contribution in [0, 0.1) is 5.92 Å². The summed E-state index contributed by atoms with van der Waals surface area (Å²) in [6.45, 7) is 1.28. The summed E-state index contributed by atoms with van der Waals surface area (Å²) in [5.41, 5.74) is 3.51. The van der Waals surface area contributed by atoms with Crippen LogP contribution < -0.4 is 10.2 Å². The van der Waals surface area contributed by atoms with E-state index in [9.17, 15) is 19.5 Å². The Morgan fingerprint density at radius 3 is 2.74 bits per heavy atom. The van der Waals surface area contributed by atoms with Gasteiger partial charge in [0, 0.05) is 25.3 Å². The Balaban J connectivity index is 1.33. The van der Waals surface area contributed by atoms with E-state index in [-0.39, 0.29) is 30.2 Å². The number of rotatable bonds is 6. The van der Waals surface area contributed by atoms with Gasteiger partial charge in [0.1, 0.15) is 0 Å². The summed E-state index contributed by atoms with van der Waals surface area (Å²) in [6, 6.07) is 16.4. The number of nitrogens with zero attached hydrogens (tertiary/aromatic N) is 2. The zero-order chi connectivity index (χ0) is 24.5. The van der Waals surface area contributed by atoms with E-state index in [0.29, 0.717) is 46.5 Å². The third-order valence-electron chi connectivity index (χ3n) is 6.42. The molecule has 2 aliphatic rings. The lowest BCUT2D eigenvalue weighted by Crippen LogP contribution is -2.42. The summed E-state index contributed by atoms with van der Waals surface area (Å²) in [7, 11) is 0. The number of thiophene rings is 1. The van der Waals surface area contributed by atoms with Crippen LogP contribution in [0.15, 0.2) is 54.6 Å². The molecule has 180 valence electrons. The van der Waals surface area contributed by atoms with Gasteiger partial charge in [0.15, 0.2) is 0 Å². The van der Waals surface area contributed by atoms with E-state index in [4.69, 9.17) is 11.6 Å². The molecule has 1 fully saturated rings. The summed E-state index contributed by atoms with van der Waals surface area (Å²) >= 11 is 7.13. The van der Waals surface area contributed by atoms with E-state index in [1.165, 1.54) is 11.3 Å². The van der Waals surface area contributed by atoms with E-state index in [0.717, 1.165) is 23.2 Å². The Kier molecular flexibility index (Phi) is 6.60. The third-order valence-corrected chi connectivity index (χ3v) is 7.65. The van der Waals surface area contributed by atoms with Crippen molar-refractivity contribution in [2.24, 2.45) is 5.92 Å². The molecule has 3 heterocycles. The van der Waals surface area contributed by atoms with Gasteiger partial charge in [-0.05, 0) is 54.3 Å². The number of aliphatic hydroxyl groups excluding tert-OH is 1. The van der Waals surface area contributed by atoms with E-state index < -0.39 is 0 Å². The molecule has 0 spiro atoms. The lowest BCUT2D eigenvalue weighted by molar-refractivity contribution is -0.125. The second-order valence-corrected chi connectivity index (χ2v) is 10.5. The Morgan fingerprint density at radius 2 is 1.97 bits per heavy atom. The molecule has 0 aliphatic carbocycles. The number of halogens is 1. The van der Waals surface area contributed by atoms with Crippen LogP contribution in [0.5, 0.6) is 0 Å². The predicted molar refractivity (Wildman–Crippen MR) is 136 cm³/mol. The number of anilines is 2. The van der Waals surface area contributed by atoms with Crippen molar-refractivity contribution in [1.29, 1.82) is 0 Å². The summed E-state index contributed by atoms with van der Waals surface area (Å²) in [4.78, 5) is 42.6. The SMILES string of the molecule is O=C(Nc1cccc2c1C(=O)N(Cc1cccc(N3CCCC(CO)C3=O)c1)C2)c1ccc(Cl)s1. The number of amides is 3. The van der Waals surface area contributed by atoms with E-state index in [1.54, 1.807) is 28.0 Å². The van der Waals surface area contributed by atoms with Gasteiger partial charge in [0.25, 0.3) is 11.8 Å². The average molecular weight is 510 g/mol. The molecule has 2 aliphatic heterocycles. The molecule has 3 aromatic rings. The largest absolute Gasteiger partial charge is 0.396 e. The maximum atomic E-state index is 13.3. The molecule has 0 bridgehead atoms. The summed E-state index contributed by atoms with van der Waals surface area (Å²) < 4.78 is 0.524. The van der Waals surface area contributed by atoms with E-state index in [2.05, 4.69) is 5.32 Å². The number of aliphatic hydroxyl groups is 1. The number of fused-ring (bicyclic) bond motifs is 1. The van der Waals surface area contributed by atoms with Crippen molar-refractivity contribution in [3.05, 3.63) is 80.5 Å². The second-order valence-electron chi connectivity index (χ2n) is 8.74. The van der Waals surface area contributed by atoms with Gasteiger partial charge in [0.05, 0.1) is 33.0 Å². The number of carbonyl (C=O) groups is 3. The fourth-order valence-electron chi connectivity index (χ4n) is 4.69. The summed E-state index contributed by atoms with van der Waals surface area (Å²) in [5, 5.41) is 12.4. The molecule has 0 radical (unpaired) electrons. The van der Waals surface area contributed by atoms with Crippen LogP contribution in [-0.2, 0) is 17.9 Å². The minimum atomic E-state index is -0.360. The number of nitrogens with one attached hydrogen (secondary N) is 1. The third kappa shape index (κ3) is 4.69. The molecule has 35 heavy (non-hydrogen) atoms. The van der Waals surface area contributed by atoms with Gasteiger partial charge in [-0.15, -0.1) is 11.3 Å². The van der Waals surface area contributed by atoms with Crippen molar-refractivity contribution in [1.82, 2.24) is 4.90 Å². The zero-order valence-electron chi connectivity index (χ0n) is 18.9. The number of benzene rings is 2. The first-order chi connectivity index (χ1) is 16.9. The fourth-order valence-corrected chi connectivity index (χ4v) is 5.63. The van der Waals surface area contributed by atoms with E-state index >= 15 is 0 Å². The Hall–Kier alpha value is -3.20. The zero-order valence-corrected chi connectivity index (χ0v) is 20.4. The highest BCUT2D eigenvalue weighted by Gasteiger charge is 2.32. The lowest BCUT2D eigenvalue weighted by atomic mass is 9.97. The fraction of sp³-hybridized carbons (Fsp3) is 0.269. The van der Waals surface area contributed by atoms with Gasteiger partial charge in [0.2, 0.25) is 5.91 Å². The molecule has 1 atom stereocenters. The molecule has 5 rings (SSSR count). The molecule has 1 aromatic heterocycles. The average Bonchev–Trinajstić information content (AvgIpc) is 3.43. The van der Waals surface area contributed by atoms with Crippen molar-refractivity contribution >= 4 is 52.0 Å². The highest BCUT2D eigenvalue weighted by molar-refractivity contribution is 7.18. The number of hydrogen-bond acceptors (Lipinski definition) is 5. The first-order valence-electron chi connectivity index (χ1n) is 11.4. The van der Waals surface area contributed by atoms with Gasteiger partial charge in [-0.2, -0.15) is 0 Å². The van der Waals surface area contributed by atoms with Crippen molar-refractivity contribution in [2.75, 3.05) is 23.4 Å². The Labute approximate surface area is 211 Å². The van der Waals surface area contributed by atoms with Crippen LogP contribution in [0.3, 0.4) is 0 Å². The van der Waals surface area contributed by atoms with Crippen molar-refractivity contribution < 1.29 is 19.5 Å². The Bertz CT molecular complexity index is 1310. The number of piperidine rings is 1. The molecule has 1 saturated heterocycles. The van der Waals surface area contributed by atoms with E-state index in [1.807, 2.05) is 36.4 Å². The van der Waals surface area contributed by atoms with Gasteiger partial charge in [-0.1, -0.05) is 35.9 Å². The van der Waals surface area contributed by atoms with Gasteiger partial charge < -0.3 is 20.2 Å². The van der Waals surface area contributed by atoms with Crippen molar-refractivity contribution in [3.63, 3.8) is 0 Å². The first-order valence-corrected chi connectivity index (χ1v) is 12.6. The quantitative estimate of drug-likeness (QED) is 0.510. The number of hydrogen-bond donors (Lipinski definition) is 2. The minimum Gasteiger partial charge on any atom is -0.396 e. The highest BCUT2D eigenvalue weighted by atomic mass is 35.5. The second kappa shape index (κ2) is 9.81. The molecular formula is C26H24ClN3O4S. The minimum absolute atomic E-state index is 0.0621. The van der Waals surface area contributed by atoms with Crippen molar-refractivity contribution in [3.8, 4) is 0 Å². The lowest BCUT2D eigenvalue weighted by Gasteiger charge is -2.32. The maximum Gasteiger partial charge on any atom is 0.265 e. The molecular weight excluding hydrogens is 486 g/mol. The molecule has 2 aromatic carbocycles. The van der Waals surface area contributed by atoms with Crippen LogP contribution in [-0.4, -0.2) is 40.9 Å². The van der Waals surface area contributed by atoms with Gasteiger partial charge in [-0.25, -0.2) is 0 Å².